The summed E-state index contributed by atoms with van der Waals surface area (Å²) in [5.74, 6) is 0. The summed E-state index contributed by atoms with van der Waals surface area (Å²) in [6, 6.07) is 2.64. The topological polar surface area (TPSA) is 51.6 Å². The van der Waals surface area contributed by atoms with Crippen LogP contribution in [-0.4, -0.2) is 37.2 Å². The van der Waals surface area contributed by atoms with Crippen LogP contribution in [0.2, 0.25) is 0 Å². The molecule has 1 aromatic heterocycles. The second-order valence-corrected chi connectivity index (χ2v) is 4.41. The molecule has 1 aromatic rings. The molecular formula is C12H20N2O2. The van der Waals surface area contributed by atoms with Crippen molar-refractivity contribution < 1.29 is 9.15 Å². The van der Waals surface area contributed by atoms with E-state index in [2.05, 4.69) is 18.9 Å². The fourth-order valence-electron chi connectivity index (χ4n) is 2.49. The fraction of sp³-hybridized carbons (Fsp3) is 0.667. The van der Waals surface area contributed by atoms with Gasteiger partial charge in [0.25, 0.3) is 0 Å². The van der Waals surface area contributed by atoms with Crippen LogP contribution in [0.4, 0.5) is 0 Å². The van der Waals surface area contributed by atoms with E-state index >= 15 is 0 Å². The van der Waals surface area contributed by atoms with Crippen molar-refractivity contribution in [3.05, 3.63) is 24.2 Å². The van der Waals surface area contributed by atoms with E-state index in [9.17, 15) is 0 Å². The zero-order valence-electron chi connectivity index (χ0n) is 9.93. The summed E-state index contributed by atoms with van der Waals surface area (Å²) < 4.78 is 10.7. The molecule has 3 atom stereocenters. The molecule has 0 amide bonds. The lowest BCUT2D eigenvalue weighted by molar-refractivity contribution is 0.0685. The summed E-state index contributed by atoms with van der Waals surface area (Å²) in [7, 11) is 2.11. The first-order chi connectivity index (χ1) is 7.74. The molecule has 4 nitrogen and oxygen atoms in total. The maximum absolute atomic E-state index is 5.85. The quantitative estimate of drug-likeness (QED) is 0.839. The van der Waals surface area contributed by atoms with Gasteiger partial charge < -0.3 is 14.9 Å². The van der Waals surface area contributed by atoms with Gasteiger partial charge >= 0.3 is 0 Å². The van der Waals surface area contributed by atoms with Crippen LogP contribution in [0.5, 0.6) is 0 Å². The molecule has 0 bridgehead atoms. The molecule has 4 heteroatoms. The third kappa shape index (κ3) is 2.14. The highest BCUT2D eigenvalue weighted by Crippen LogP contribution is 2.27. The van der Waals surface area contributed by atoms with Crippen molar-refractivity contribution in [2.75, 3.05) is 20.2 Å². The van der Waals surface area contributed by atoms with Crippen LogP contribution >= 0.6 is 0 Å². The van der Waals surface area contributed by atoms with Crippen LogP contribution in [-0.2, 0) is 4.74 Å². The second kappa shape index (κ2) is 4.99. The van der Waals surface area contributed by atoms with Crippen molar-refractivity contribution in [3.63, 3.8) is 0 Å². The van der Waals surface area contributed by atoms with Gasteiger partial charge in [-0.3, -0.25) is 4.90 Å². The number of hydrogen-bond acceptors (Lipinski definition) is 4. The van der Waals surface area contributed by atoms with E-state index < -0.39 is 0 Å². The molecule has 0 aliphatic carbocycles. The van der Waals surface area contributed by atoms with E-state index in [1.54, 1.807) is 12.5 Å². The molecule has 0 aromatic carbocycles. The Morgan fingerprint density at radius 2 is 2.44 bits per heavy atom. The number of likely N-dealkylation sites (N-methyl/N-ethyl adjacent to an activating group) is 1. The van der Waals surface area contributed by atoms with Crippen LogP contribution in [0.1, 0.15) is 24.9 Å². The standard InChI is InChI=1S/C12H20N2O2/c1-9-11(4-6-16-9)14(2)12(7-13)10-3-5-15-8-10/h3,5,8-9,11-12H,4,6-7,13H2,1-2H3. The first-order valence-corrected chi connectivity index (χ1v) is 5.79. The Kier molecular flexibility index (Phi) is 3.63. The third-order valence-electron chi connectivity index (χ3n) is 3.50. The van der Waals surface area contributed by atoms with E-state index in [1.807, 2.05) is 6.07 Å². The van der Waals surface area contributed by atoms with Crippen LogP contribution < -0.4 is 5.73 Å². The van der Waals surface area contributed by atoms with Gasteiger partial charge in [-0.25, -0.2) is 0 Å². The molecule has 2 heterocycles. The Hall–Kier alpha value is -0.840. The summed E-state index contributed by atoms with van der Waals surface area (Å²) in [5, 5.41) is 0. The van der Waals surface area contributed by atoms with E-state index in [0.29, 0.717) is 12.6 Å². The van der Waals surface area contributed by atoms with Crippen molar-refractivity contribution in [2.45, 2.75) is 31.5 Å². The first-order valence-electron chi connectivity index (χ1n) is 5.79. The molecule has 0 radical (unpaired) electrons. The van der Waals surface area contributed by atoms with E-state index in [-0.39, 0.29) is 12.1 Å². The van der Waals surface area contributed by atoms with Gasteiger partial charge in [-0.1, -0.05) is 0 Å². The number of furan rings is 1. The lowest BCUT2D eigenvalue weighted by atomic mass is 10.0. The zero-order chi connectivity index (χ0) is 11.5. The van der Waals surface area contributed by atoms with Gasteiger partial charge in [0.15, 0.2) is 0 Å². The fourth-order valence-corrected chi connectivity index (χ4v) is 2.49. The number of nitrogens with two attached hydrogens (primary N) is 1. The minimum absolute atomic E-state index is 0.216. The van der Waals surface area contributed by atoms with E-state index in [4.69, 9.17) is 14.9 Å². The highest BCUT2D eigenvalue weighted by Gasteiger charge is 2.32. The lowest BCUT2D eigenvalue weighted by Crippen LogP contribution is -2.41. The van der Waals surface area contributed by atoms with Crippen LogP contribution in [0.3, 0.4) is 0 Å². The molecule has 90 valence electrons. The summed E-state index contributed by atoms with van der Waals surface area (Å²) in [4.78, 5) is 2.31. The SMILES string of the molecule is CC1OCCC1N(C)C(CN)c1ccoc1. The Labute approximate surface area is 96.4 Å². The molecule has 1 fully saturated rings. The summed E-state index contributed by atoms with van der Waals surface area (Å²) in [6.45, 7) is 3.56. The second-order valence-electron chi connectivity index (χ2n) is 4.41. The van der Waals surface area contributed by atoms with Gasteiger partial charge in [0.2, 0.25) is 0 Å². The van der Waals surface area contributed by atoms with Crippen molar-refractivity contribution in [2.24, 2.45) is 5.73 Å². The van der Waals surface area contributed by atoms with Gasteiger partial charge in [0.1, 0.15) is 0 Å². The maximum atomic E-state index is 5.85. The Morgan fingerprint density at radius 3 is 2.94 bits per heavy atom. The number of hydrogen-bond donors (Lipinski definition) is 1. The predicted octanol–water partition coefficient (Wildman–Crippen LogP) is 1.39. The molecule has 1 aliphatic heterocycles. The summed E-state index contributed by atoms with van der Waals surface area (Å²) in [5.41, 5.74) is 7.00. The van der Waals surface area contributed by atoms with Crippen molar-refractivity contribution in [3.8, 4) is 0 Å². The monoisotopic (exact) mass is 224 g/mol. The third-order valence-corrected chi connectivity index (χ3v) is 3.50. The van der Waals surface area contributed by atoms with Gasteiger partial charge in [0.05, 0.1) is 24.7 Å². The van der Waals surface area contributed by atoms with Gasteiger partial charge in [-0.05, 0) is 26.5 Å². The van der Waals surface area contributed by atoms with Gasteiger partial charge in [-0.15, -0.1) is 0 Å². The molecule has 2 N–H and O–H groups in total. The van der Waals surface area contributed by atoms with Crippen LogP contribution in [0, 0.1) is 0 Å². The normalized spacial score (nSPS) is 27.5. The maximum Gasteiger partial charge on any atom is 0.0950 e. The van der Waals surface area contributed by atoms with E-state index in [1.165, 1.54) is 0 Å². The predicted molar refractivity (Wildman–Crippen MR) is 62.1 cm³/mol. The van der Waals surface area contributed by atoms with Crippen molar-refractivity contribution in [1.82, 2.24) is 4.90 Å². The number of nitrogens with zero attached hydrogens (tertiary/aromatic N) is 1. The zero-order valence-corrected chi connectivity index (χ0v) is 9.93. The molecular weight excluding hydrogens is 204 g/mol. The molecule has 16 heavy (non-hydrogen) atoms. The number of rotatable bonds is 4. The van der Waals surface area contributed by atoms with Crippen LogP contribution in [0.25, 0.3) is 0 Å². The van der Waals surface area contributed by atoms with Crippen molar-refractivity contribution in [1.29, 1.82) is 0 Å². The molecule has 2 rings (SSSR count). The minimum atomic E-state index is 0.216. The Morgan fingerprint density at radius 1 is 1.62 bits per heavy atom. The molecule has 1 saturated heterocycles. The van der Waals surface area contributed by atoms with Gasteiger partial charge in [0, 0.05) is 24.8 Å². The molecule has 0 spiro atoms. The number of ether oxygens (including phenoxy) is 1. The smallest absolute Gasteiger partial charge is 0.0950 e. The summed E-state index contributed by atoms with van der Waals surface area (Å²) in [6.07, 6.45) is 4.83. The average molecular weight is 224 g/mol. The lowest BCUT2D eigenvalue weighted by Gasteiger charge is -2.33. The average Bonchev–Trinajstić information content (AvgIpc) is 2.90. The Bertz CT molecular complexity index is 313. The first kappa shape index (κ1) is 11.6. The minimum Gasteiger partial charge on any atom is -0.472 e. The van der Waals surface area contributed by atoms with Crippen molar-refractivity contribution >= 4 is 0 Å². The largest absolute Gasteiger partial charge is 0.472 e. The molecule has 1 aliphatic rings. The summed E-state index contributed by atoms with van der Waals surface area (Å²) >= 11 is 0. The Balaban J connectivity index is 2.09. The van der Waals surface area contributed by atoms with E-state index in [0.717, 1.165) is 18.6 Å². The van der Waals surface area contributed by atoms with Crippen LogP contribution in [0.15, 0.2) is 23.0 Å². The molecule has 3 unspecified atom stereocenters. The highest BCUT2D eigenvalue weighted by atomic mass is 16.5. The molecule has 0 saturated carbocycles. The van der Waals surface area contributed by atoms with Gasteiger partial charge in [-0.2, -0.15) is 0 Å². The highest BCUT2D eigenvalue weighted by molar-refractivity contribution is 5.13.